The van der Waals surface area contributed by atoms with Gasteiger partial charge in [-0.2, -0.15) is 0 Å². The molecule has 40 heavy (non-hydrogen) atoms. The Morgan fingerprint density at radius 1 is 0.900 bits per heavy atom. The minimum atomic E-state index is -4.35. The van der Waals surface area contributed by atoms with E-state index in [4.69, 9.17) is 9.47 Å². The Labute approximate surface area is 232 Å². The Morgan fingerprint density at radius 3 is 2.42 bits per heavy atom. The van der Waals surface area contributed by atoms with Gasteiger partial charge in [0.1, 0.15) is 25.6 Å². The second-order valence-electron chi connectivity index (χ2n) is 9.70. The molecular formula is C29H30FN3O6S. The number of fused-ring (bicyclic) bond motifs is 1. The molecule has 0 saturated heterocycles. The van der Waals surface area contributed by atoms with Crippen molar-refractivity contribution >= 4 is 33.2 Å². The Bertz CT molecular complexity index is 1510. The molecule has 0 atom stereocenters. The Kier molecular flexibility index (Phi) is 8.20. The van der Waals surface area contributed by atoms with Gasteiger partial charge in [0.2, 0.25) is 5.91 Å². The van der Waals surface area contributed by atoms with Crippen LogP contribution in [0.1, 0.15) is 42.5 Å². The Hall–Kier alpha value is -4.12. The molecular weight excluding hydrogens is 537 g/mol. The third kappa shape index (κ3) is 6.20. The summed E-state index contributed by atoms with van der Waals surface area (Å²) in [6.45, 7) is -0.0616. The summed E-state index contributed by atoms with van der Waals surface area (Å²) in [5.74, 6) is -1.01. The number of sulfonamides is 1. The van der Waals surface area contributed by atoms with Crippen molar-refractivity contribution in [2.24, 2.45) is 0 Å². The van der Waals surface area contributed by atoms with E-state index in [0.29, 0.717) is 12.4 Å². The molecule has 1 heterocycles. The molecule has 5 rings (SSSR count). The summed E-state index contributed by atoms with van der Waals surface area (Å²) in [4.78, 5) is 26.1. The zero-order valence-corrected chi connectivity index (χ0v) is 22.6. The summed E-state index contributed by atoms with van der Waals surface area (Å²) in [5.41, 5.74) is 0.485. The van der Waals surface area contributed by atoms with Crippen molar-refractivity contribution in [1.29, 1.82) is 0 Å². The summed E-state index contributed by atoms with van der Waals surface area (Å²) < 4.78 is 53.5. The van der Waals surface area contributed by atoms with E-state index in [-0.39, 0.29) is 46.1 Å². The van der Waals surface area contributed by atoms with E-state index in [9.17, 15) is 22.4 Å². The van der Waals surface area contributed by atoms with Gasteiger partial charge in [0, 0.05) is 12.1 Å². The maximum Gasteiger partial charge on any atom is 0.264 e. The first-order valence-corrected chi connectivity index (χ1v) is 14.6. The van der Waals surface area contributed by atoms with Crippen LogP contribution in [-0.4, -0.2) is 46.0 Å². The highest BCUT2D eigenvalue weighted by Gasteiger charge is 2.30. The summed E-state index contributed by atoms with van der Waals surface area (Å²) in [6.07, 6.45) is 5.06. The summed E-state index contributed by atoms with van der Waals surface area (Å²) in [5, 5.41) is 5.70. The lowest BCUT2D eigenvalue weighted by Crippen LogP contribution is -2.39. The van der Waals surface area contributed by atoms with Crippen LogP contribution in [0.4, 0.5) is 15.8 Å². The largest absolute Gasteiger partial charge is 0.486 e. The number of para-hydroxylation sites is 1. The number of hydrogen-bond acceptors (Lipinski definition) is 6. The van der Waals surface area contributed by atoms with E-state index in [0.717, 1.165) is 42.5 Å². The lowest BCUT2D eigenvalue weighted by molar-refractivity contribution is -0.114. The minimum Gasteiger partial charge on any atom is -0.486 e. The SMILES string of the molecule is O=C(CN(c1cccc(F)c1)S(=O)(=O)c1ccc2c(c1)OCCO2)Nc1ccccc1C(=O)NC1CCCCC1. The zero-order chi connectivity index (χ0) is 28.1. The fraction of sp³-hybridized carbons (Fsp3) is 0.310. The number of amides is 2. The van der Waals surface area contributed by atoms with Crippen molar-refractivity contribution in [2.75, 3.05) is 29.4 Å². The average molecular weight is 568 g/mol. The first-order valence-electron chi connectivity index (χ1n) is 13.2. The average Bonchev–Trinajstić information content (AvgIpc) is 2.96. The summed E-state index contributed by atoms with van der Waals surface area (Å²) >= 11 is 0. The van der Waals surface area contributed by atoms with Crippen LogP contribution in [0, 0.1) is 5.82 Å². The highest BCUT2D eigenvalue weighted by molar-refractivity contribution is 7.92. The number of carbonyl (C=O) groups excluding carboxylic acids is 2. The van der Waals surface area contributed by atoms with Gasteiger partial charge in [0.25, 0.3) is 15.9 Å². The monoisotopic (exact) mass is 567 g/mol. The van der Waals surface area contributed by atoms with Gasteiger partial charge in [-0.15, -0.1) is 0 Å². The first-order chi connectivity index (χ1) is 19.3. The molecule has 0 radical (unpaired) electrons. The Balaban J connectivity index is 1.40. The topological polar surface area (TPSA) is 114 Å². The van der Waals surface area contributed by atoms with Gasteiger partial charge in [0.05, 0.1) is 21.8 Å². The molecule has 1 aliphatic heterocycles. The first kappa shape index (κ1) is 27.4. The second-order valence-corrected chi connectivity index (χ2v) is 11.6. The quantitative estimate of drug-likeness (QED) is 0.415. The van der Waals surface area contributed by atoms with Crippen molar-refractivity contribution in [1.82, 2.24) is 5.32 Å². The predicted octanol–water partition coefficient (Wildman–Crippen LogP) is 4.49. The molecule has 1 fully saturated rings. The lowest BCUT2D eigenvalue weighted by Gasteiger charge is -2.26. The fourth-order valence-corrected chi connectivity index (χ4v) is 6.31. The van der Waals surface area contributed by atoms with E-state index in [1.165, 1.54) is 36.4 Å². The van der Waals surface area contributed by atoms with E-state index in [1.54, 1.807) is 24.3 Å². The molecule has 210 valence electrons. The molecule has 0 aromatic heterocycles. The number of benzene rings is 3. The van der Waals surface area contributed by atoms with Crippen LogP contribution in [0.5, 0.6) is 11.5 Å². The molecule has 0 unspecified atom stereocenters. The maximum atomic E-state index is 14.2. The smallest absolute Gasteiger partial charge is 0.264 e. The number of nitrogens with zero attached hydrogens (tertiary/aromatic N) is 1. The van der Waals surface area contributed by atoms with Gasteiger partial charge in [-0.05, 0) is 55.3 Å². The van der Waals surface area contributed by atoms with Gasteiger partial charge >= 0.3 is 0 Å². The summed E-state index contributed by atoms with van der Waals surface area (Å²) in [7, 11) is -4.35. The highest BCUT2D eigenvalue weighted by Crippen LogP contribution is 2.34. The van der Waals surface area contributed by atoms with Crippen LogP contribution in [-0.2, 0) is 14.8 Å². The van der Waals surface area contributed by atoms with Crippen LogP contribution in [0.25, 0.3) is 0 Å². The van der Waals surface area contributed by atoms with Gasteiger partial charge in [0.15, 0.2) is 11.5 Å². The molecule has 1 aliphatic carbocycles. The van der Waals surface area contributed by atoms with E-state index in [1.807, 2.05) is 0 Å². The molecule has 2 aliphatic rings. The molecule has 2 N–H and O–H groups in total. The van der Waals surface area contributed by atoms with Crippen molar-refractivity contribution in [3.63, 3.8) is 0 Å². The number of rotatable bonds is 8. The van der Waals surface area contributed by atoms with Crippen LogP contribution >= 0.6 is 0 Å². The number of halogens is 1. The highest BCUT2D eigenvalue weighted by atomic mass is 32.2. The molecule has 11 heteroatoms. The van der Waals surface area contributed by atoms with E-state index < -0.39 is 28.3 Å². The number of nitrogens with one attached hydrogen (secondary N) is 2. The Morgan fingerprint density at radius 2 is 1.65 bits per heavy atom. The fourth-order valence-electron chi connectivity index (χ4n) is 4.88. The van der Waals surface area contributed by atoms with Crippen LogP contribution in [0.3, 0.4) is 0 Å². The van der Waals surface area contributed by atoms with E-state index in [2.05, 4.69) is 10.6 Å². The molecule has 0 bridgehead atoms. The van der Waals surface area contributed by atoms with Crippen molar-refractivity contribution in [3.8, 4) is 11.5 Å². The molecule has 3 aromatic carbocycles. The minimum absolute atomic E-state index is 0.0339. The van der Waals surface area contributed by atoms with Gasteiger partial charge in [-0.3, -0.25) is 13.9 Å². The molecule has 3 aromatic rings. The normalized spacial score (nSPS) is 15.2. The van der Waals surface area contributed by atoms with Crippen molar-refractivity contribution in [2.45, 2.75) is 43.0 Å². The third-order valence-electron chi connectivity index (χ3n) is 6.87. The molecule has 1 saturated carbocycles. The van der Waals surface area contributed by atoms with Crippen molar-refractivity contribution < 1.29 is 31.9 Å². The number of anilines is 2. The van der Waals surface area contributed by atoms with Gasteiger partial charge in [-0.25, -0.2) is 12.8 Å². The van der Waals surface area contributed by atoms with Crippen LogP contribution < -0.4 is 24.4 Å². The van der Waals surface area contributed by atoms with Crippen LogP contribution in [0.15, 0.2) is 71.6 Å². The lowest BCUT2D eigenvalue weighted by atomic mass is 9.95. The summed E-state index contributed by atoms with van der Waals surface area (Å²) in [6, 6.07) is 15.7. The van der Waals surface area contributed by atoms with Crippen LogP contribution in [0.2, 0.25) is 0 Å². The maximum absolute atomic E-state index is 14.2. The second kappa shape index (κ2) is 12.0. The third-order valence-corrected chi connectivity index (χ3v) is 8.64. The number of carbonyl (C=O) groups is 2. The zero-order valence-electron chi connectivity index (χ0n) is 21.8. The molecule has 2 amide bonds. The van der Waals surface area contributed by atoms with Crippen molar-refractivity contribution in [3.05, 3.63) is 78.1 Å². The molecule has 9 nitrogen and oxygen atoms in total. The molecule has 0 spiro atoms. The van der Waals surface area contributed by atoms with Gasteiger partial charge < -0.3 is 20.1 Å². The van der Waals surface area contributed by atoms with Gasteiger partial charge in [-0.1, -0.05) is 37.5 Å². The standard InChI is InChI=1S/C29H30FN3O6S/c30-20-7-6-10-22(17-20)33(40(36,37)23-13-14-26-27(18-23)39-16-15-38-26)19-28(34)32-25-12-5-4-11-24(25)29(35)31-21-8-2-1-3-9-21/h4-7,10-14,17-18,21H,1-3,8-9,15-16,19H2,(H,31,35)(H,32,34). The number of hydrogen-bond donors (Lipinski definition) is 2. The van der Waals surface area contributed by atoms with E-state index >= 15 is 0 Å². The predicted molar refractivity (Wildman–Crippen MR) is 148 cm³/mol. The number of ether oxygens (including phenoxy) is 2.